The number of para-hydroxylation sites is 2. The summed E-state index contributed by atoms with van der Waals surface area (Å²) in [5.41, 5.74) is -0.0582. The molecular formula is C12H14F3NO3. The van der Waals surface area contributed by atoms with Crippen molar-refractivity contribution in [3.8, 4) is 5.75 Å². The number of nitrogens with one attached hydrogen (secondary N) is 1. The van der Waals surface area contributed by atoms with E-state index in [1.54, 1.807) is 13.8 Å². The maximum absolute atomic E-state index is 12.2. The van der Waals surface area contributed by atoms with Crippen molar-refractivity contribution in [2.75, 3.05) is 11.9 Å². The third-order valence-electron chi connectivity index (χ3n) is 1.93. The Morgan fingerprint density at radius 1 is 1.32 bits per heavy atom. The normalized spacial score (nSPS) is 11.5. The highest BCUT2D eigenvalue weighted by Crippen LogP contribution is 2.29. The molecule has 0 aromatic heterocycles. The molecule has 1 aromatic carbocycles. The van der Waals surface area contributed by atoms with Crippen molar-refractivity contribution in [3.63, 3.8) is 0 Å². The minimum absolute atomic E-state index is 0.0582. The molecule has 0 spiro atoms. The summed E-state index contributed by atoms with van der Waals surface area (Å²) in [5, 5.41) is 2.30. The average Bonchev–Trinajstić information content (AvgIpc) is 2.27. The summed E-state index contributed by atoms with van der Waals surface area (Å²) < 4.78 is 45.3. The molecule has 1 aromatic rings. The maximum atomic E-state index is 12.2. The molecule has 1 rings (SSSR count). The van der Waals surface area contributed by atoms with Crippen molar-refractivity contribution in [1.29, 1.82) is 0 Å². The van der Waals surface area contributed by atoms with E-state index < -0.39 is 18.0 Å². The molecule has 7 heteroatoms. The summed E-state index contributed by atoms with van der Waals surface area (Å²) in [6.07, 6.45) is -4.96. The first-order chi connectivity index (χ1) is 8.78. The lowest BCUT2D eigenvalue weighted by atomic mass is 10.3. The van der Waals surface area contributed by atoms with E-state index in [2.05, 4.69) is 10.1 Å². The van der Waals surface area contributed by atoms with Gasteiger partial charge in [0.15, 0.2) is 5.75 Å². The number of carbonyl (C=O) groups excluding carboxylic acids is 1. The predicted octanol–water partition coefficient (Wildman–Crippen LogP) is 2.95. The number of ether oxygens (including phenoxy) is 2. The lowest BCUT2D eigenvalue weighted by Gasteiger charge is -2.14. The van der Waals surface area contributed by atoms with Gasteiger partial charge in [-0.2, -0.15) is 0 Å². The maximum Gasteiger partial charge on any atom is 0.573 e. The SMILES string of the molecule is CC(C)OCC(=O)Nc1ccccc1OC(F)(F)F. The molecule has 19 heavy (non-hydrogen) atoms. The smallest absolute Gasteiger partial charge is 0.404 e. The molecule has 0 aliphatic heterocycles. The van der Waals surface area contributed by atoms with Gasteiger partial charge >= 0.3 is 6.36 Å². The fraction of sp³-hybridized carbons (Fsp3) is 0.417. The minimum atomic E-state index is -4.81. The first kappa shape index (κ1) is 15.3. The highest BCUT2D eigenvalue weighted by atomic mass is 19.4. The molecule has 106 valence electrons. The Morgan fingerprint density at radius 3 is 2.53 bits per heavy atom. The standard InChI is InChI=1S/C12H14F3NO3/c1-8(2)18-7-11(17)16-9-5-3-4-6-10(9)19-12(13,14)15/h3-6,8H,7H2,1-2H3,(H,16,17). The van der Waals surface area contributed by atoms with Crippen LogP contribution in [0.2, 0.25) is 0 Å². The van der Waals surface area contributed by atoms with Crippen LogP contribution in [0.5, 0.6) is 5.75 Å². The van der Waals surface area contributed by atoms with Crippen LogP contribution in [0.15, 0.2) is 24.3 Å². The van der Waals surface area contributed by atoms with Crippen molar-refractivity contribution >= 4 is 11.6 Å². The second-order valence-electron chi connectivity index (χ2n) is 3.95. The number of alkyl halides is 3. The van der Waals surface area contributed by atoms with Gasteiger partial charge in [0.25, 0.3) is 0 Å². The third kappa shape index (κ3) is 6.10. The first-order valence-electron chi connectivity index (χ1n) is 5.54. The van der Waals surface area contributed by atoms with E-state index in [1.165, 1.54) is 18.2 Å². The predicted molar refractivity (Wildman–Crippen MR) is 62.8 cm³/mol. The van der Waals surface area contributed by atoms with E-state index in [0.717, 1.165) is 6.07 Å². The highest BCUT2D eigenvalue weighted by molar-refractivity contribution is 5.93. The van der Waals surface area contributed by atoms with Crippen LogP contribution >= 0.6 is 0 Å². The van der Waals surface area contributed by atoms with Crippen LogP contribution in [-0.4, -0.2) is 25.0 Å². The summed E-state index contributed by atoms with van der Waals surface area (Å²) in [7, 11) is 0. The van der Waals surface area contributed by atoms with Gasteiger partial charge in [-0.3, -0.25) is 4.79 Å². The fourth-order valence-corrected chi connectivity index (χ4v) is 1.21. The quantitative estimate of drug-likeness (QED) is 0.900. The van der Waals surface area contributed by atoms with E-state index in [-0.39, 0.29) is 18.4 Å². The number of benzene rings is 1. The van der Waals surface area contributed by atoms with Crippen molar-refractivity contribution in [3.05, 3.63) is 24.3 Å². The van der Waals surface area contributed by atoms with Gasteiger partial charge in [-0.05, 0) is 26.0 Å². The Bertz CT molecular complexity index is 432. The van der Waals surface area contributed by atoms with E-state index in [4.69, 9.17) is 4.74 Å². The summed E-state index contributed by atoms with van der Waals surface area (Å²) in [6.45, 7) is 3.25. The molecule has 0 aliphatic rings. The van der Waals surface area contributed by atoms with E-state index >= 15 is 0 Å². The van der Waals surface area contributed by atoms with Gasteiger partial charge in [0.05, 0.1) is 11.8 Å². The van der Waals surface area contributed by atoms with Crippen LogP contribution in [0.25, 0.3) is 0 Å². The topological polar surface area (TPSA) is 47.6 Å². The van der Waals surface area contributed by atoms with Gasteiger partial charge in [-0.25, -0.2) is 0 Å². The van der Waals surface area contributed by atoms with Gasteiger partial charge < -0.3 is 14.8 Å². The largest absolute Gasteiger partial charge is 0.573 e. The molecule has 0 unspecified atom stereocenters. The van der Waals surface area contributed by atoms with E-state index in [9.17, 15) is 18.0 Å². The molecule has 4 nitrogen and oxygen atoms in total. The van der Waals surface area contributed by atoms with Crippen LogP contribution < -0.4 is 10.1 Å². The first-order valence-corrected chi connectivity index (χ1v) is 5.54. The summed E-state index contributed by atoms with van der Waals surface area (Å²) in [4.78, 5) is 11.5. The number of halogens is 3. The number of hydrogen-bond donors (Lipinski definition) is 1. The molecule has 0 fully saturated rings. The van der Waals surface area contributed by atoms with Crippen molar-refractivity contribution < 1.29 is 27.4 Å². The van der Waals surface area contributed by atoms with Gasteiger partial charge in [-0.1, -0.05) is 12.1 Å². The Labute approximate surface area is 108 Å². The summed E-state index contributed by atoms with van der Waals surface area (Å²) in [5.74, 6) is -1.01. The summed E-state index contributed by atoms with van der Waals surface area (Å²) >= 11 is 0. The molecule has 1 amide bonds. The van der Waals surface area contributed by atoms with Crippen LogP contribution in [0.4, 0.5) is 18.9 Å². The lowest BCUT2D eigenvalue weighted by molar-refractivity contribution is -0.274. The minimum Gasteiger partial charge on any atom is -0.404 e. The monoisotopic (exact) mass is 277 g/mol. The van der Waals surface area contributed by atoms with Crippen LogP contribution in [0, 0.1) is 0 Å². The number of carbonyl (C=O) groups is 1. The number of anilines is 1. The third-order valence-corrected chi connectivity index (χ3v) is 1.93. The zero-order valence-corrected chi connectivity index (χ0v) is 10.5. The molecular weight excluding hydrogens is 263 g/mol. The van der Waals surface area contributed by atoms with Crippen molar-refractivity contribution in [2.24, 2.45) is 0 Å². The lowest BCUT2D eigenvalue weighted by Crippen LogP contribution is -2.22. The van der Waals surface area contributed by atoms with Gasteiger partial charge in [0.2, 0.25) is 5.91 Å². The van der Waals surface area contributed by atoms with Gasteiger partial charge in [-0.15, -0.1) is 13.2 Å². The molecule has 0 bridgehead atoms. The summed E-state index contributed by atoms with van der Waals surface area (Å²) in [6, 6.07) is 5.30. The second-order valence-corrected chi connectivity index (χ2v) is 3.95. The van der Waals surface area contributed by atoms with Crippen LogP contribution in [0.1, 0.15) is 13.8 Å². The Balaban J connectivity index is 2.70. The Morgan fingerprint density at radius 2 is 1.95 bits per heavy atom. The van der Waals surface area contributed by atoms with E-state index in [0.29, 0.717) is 0 Å². The molecule has 1 N–H and O–H groups in total. The number of rotatable bonds is 5. The van der Waals surface area contributed by atoms with Crippen molar-refractivity contribution in [2.45, 2.75) is 26.3 Å². The van der Waals surface area contributed by atoms with E-state index in [1.807, 2.05) is 0 Å². The Kier molecular flexibility index (Phi) is 5.17. The number of hydrogen-bond acceptors (Lipinski definition) is 3. The van der Waals surface area contributed by atoms with Crippen LogP contribution in [0.3, 0.4) is 0 Å². The highest BCUT2D eigenvalue weighted by Gasteiger charge is 2.32. The fourth-order valence-electron chi connectivity index (χ4n) is 1.21. The van der Waals surface area contributed by atoms with Crippen LogP contribution in [-0.2, 0) is 9.53 Å². The molecule has 0 saturated heterocycles. The molecule has 0 atom stereocenters. The van der Waals surface area contributed by atoms with Gasteiger partial charge in [0, 0.05) is 0 Å². The zero-order valence-electron chi connectivity index (χ0n) is 10.5. The molecule has 0 radical (unpaired) electrons. The molecule has 0 aliphatic carbocycles. The second kappa shape index (κ2) is 6.42. The zero-order chi connectivity index (χ0) is 14.5. The van der Waals surface area contributed by atoms with Gasteiger partial charge in [0.1, 0.15) is 6.61 Å². The molecule has 0 saturated carbocycles. The van der Waals surface area contributed by atoms with Crippen molar-refractivity contribution in [1.82, 2.24) is 0 Å². The Hall–Kier alpha value is -1.76. The molecule has 0 heterocycles. The average molecular weight is 277 g/mol. The number of amides is 1.